The zero-order chi connectivity index (χ0) is 17.8. The van der Waals surface area contributed by atoms with Crippen LogP contribution in [0.5, 0.6) is 5.75 Å². The van der Waals surface area contributed by atoms with Gasteiger partial charge in [-0.1, -0.05) is 11.6 Å². The second-order valence-corrected chi connectivity index (χ2v) is 6.49. The SMILES string of the molecule is Cc1cc(OCC(=O)NCCn2nc3c(cc2=O)CCC3)ccc1Cl. The molecule has 1 aromatic carbocycles. The van der Waals surface area contributed by atoms with Gasteiger partial charge in [-0.2, -0.15) is 5.10 Å². The van der Waals surface area contributed by atoms with Crippen molar-refractivity contribution < 1.29 is 9.53 Å². The summed E-state index contributed by atoms with van der Waals surface area (Å²) in [4.78, 5) is 23.8. The topological polar surface area (TPSA) is 73.2 Å². The summed E-state index contributed by atoms with van der Waals surface area (Å²) < 4.78 is 6.85. The molecule has 0 fully saturated rings. The van der Waals surface area contributed by atoms with E-state index in [1.54, 1.807) is 24.3 Å². The first-order valence-electron chi connectivity index (χ1n) is 8.28. The molecule has 6 nitrogen and oxygen atoms in total. The Bertz CT molecular complexity index is 848. The van der Waals surface area contributed by atoms with E-state index >= 15 is 0 Å². The maximum Gasteiger partial charge on any atom is 0.267 e. The first-order valence-corrected chi connectivity index (χ1v) is 8.66. The summed E-state index contributed by atoms with van der Waals surface area (Å²) in [7, 11) is 0. The fourth-order valence-electron chi connectivity index (χ4n) is 2.81. The number of carbonyl (C=O) groups excluding carboxylic acids is 1. The fraction of sp³-hybridized carbons (Fsp3) is 0.389. The number of nitrogens with zero attached hydrogens (tertiary/aromatic N) is 2. The summed E-state index contributed by atoms with van der Waals surface area (Å²) in [5.74, 6) is 0.343. The quantitative estimate of drug-likeness (QED) is 0.852. The van der Waals surface area contributed by atoms with Crippen molar-refractivity contribution in [3.63, 3.8) is 0 Å². The molecular weight excluding hydrogens is 342 g/mol. The highest BCUT2D eigenvalue weighted by Crippen LogP contribution is 2.20. The number of aromatic nitrogens is 2. The van der Waals surface area contributed by atoms with E-state index in [1.165, 1.54) is 4.68 Å². The lowest BCUT2D eigenvalue weighted by atomic mass is 10.2. The molecule has 3 rings (SSSR count). The minimum absolute atomic E-state index is 0.0897. The number of carbonyl (C=O) groups is 1. The summed E-state index contributed by atoms with van der Waals surface area (Å²) in [6.07, 6.45) is 2.89. The van der Waals surface area contributed by atoms with Gasteiger partial charge in [0.25, 0.3) is 11.5 Å². The number of hydrogen-bond donors (Lipinski definition) is 1. The molecule has 0 bridgehead atoms. The van der Waals surface area contributed by atoms with Gasteiger partial charge in [0.2, 0.25) is 0 Å². The van der Waals surface area contributed by atoms with Gasteiger partial charge < -0.3 is 10.1 Å². The van der Waals surface area contributed by atoms with Gasteiger partial charge in [0.05, 0.1) is 12.2 Å². The summed E-state index contributed by atoms with van der Waals surface area (Å²) in [6, 6.07) is 6.89. The minimum atomic E-state index is -0.248. The van der Waals surface area contributed by atoms with Crippen LogP contribution in [0.25, 0.3) is 0 Å². The molecule has 0 atom stereocenters. The van der Waals surface area contributed by atoms with Crippen LogP contribution < -0.4 is 15.6 Å². The summed E-state index contributed by atoms with van der Waals surface area (Å²) in [5.41, 5.74) is 2.81. The van der Waals surface area contributed by atoms with Crippen LogP contribution in [-0.2, 0) is 24.2 Å². The van der Waals surface area contributed by atoms with Crippen LogP contribution in [0.15, 0.2) is 29.1 Å². The standard InChI is InChI=1S/C18H20ClN3O3/c1-12-9-14(5-6-15(12)19)25-11-17(23)20-7-8-22-18(24)10-13-3-2-4-16(13)21-22/h5-6,9-10H,2-4,7-8,11H2,1H3,(H,20,23). The maximum absolute atomic E-state index is 12.0. The molecule has 1 heterocycles. The van der Waals surface area contributed by atoms with Gasteiger partial charge in [-0.25, -0.2) is 4.68 Å². The Morgan fingerprint density at radius 1 is 1.36 bits per heavy atom. The van der Waals surface area contributed by atoms with E-state index in [1.807, 2.05) is 6.92 Å². The average molecular weight is 362 g/mol. The van der Waals surface area contributed by atoms with Crippen molar-refractivity contribution >= 4 is 17.5 Å². The lowest BCUT2D eigenvalue weighted by molar-refractivity contribution is -0.123. The number of hydrogen-bond acceptors (Lipinski definition) is 4. The predicted octanol–water partition coefficient (Wildman–Crippen LogP) is 1.89. The second-order valence-electron chi connectivity index (χ2n) is 6.08. The maximum atomic E-state index is 12.0. The van der Waals surface area contributed by atoms with Gasteiger partial charge in [0.1, 0.15) is 5.75 Å². The molecule has 0 saturated heterocycles. The molecule has 1 aromatic heterocycles. The largest absolute Gasteiger partial charge is 0.484 e. The monoisotopic (exact) mass is 361 g/mol. The lowest BCUT2D eigenvalue weighted by Crippen LogP contribution is -2.34. The lowest BCUT2D eigenvalue weighted by Gasteiger charge is -2.10. The van der Waals surface area contributed by atoms with Crippen LogP contribution >= 0.6 is 11.6 Å². The molecule has 1 aliphatic carbocycles. The van der Waals surface area contributed by atoms with Crippen molar-refractivity contribution in [3.05, 3.63) is 56.5 Å². The highest BCUT2D eigenvalue weighted by atomic mass is 35.5. The fourth-order valence-corrected chi connectivity index (χ4v) is 2.93. The first kappa shape index (κ1) is 17.5. The van der Waals surface area contributed by atoms with Gasteiger partial charge in [-0.15, -0.1) is 0 Å². The third-order valence-electron chi connectivity index (χ3n) is 4.17. The third kappa shape index (κ3) is 4.39. The molecule has 0 spiro atoms. The summed E-state index contributed by atoms with van der Waals surface area (Å²) in [6.45, 7) is 2.45. The van der Waals surface area contributed by atoms with Crippen molar-refractivity contribution in [2.45, 2.75) is 32.7 Å². The highest BCUT2D eigenvalue weighted by Gasteiger charge is 2.14. The molecule has 1 amide bonds. The predicted molar refractivity (Wildman–Crippen MR) is 95.2 cm³/mol. The van der Waals surface area contributed by atoms with Crippen molar-refractivity contribution in [2.24, 2.45) is 0 Å². The Balaban J connectivity index is 1.46. The van der Waals surface area contributed by atoms with Crippen LogP contribution in [0.4, 0.5) is 0 Å². The van der Waals surface area contributed by atoms with Crippen LogP contribution in [0.2, 0.25) is 5.02 Å². The Kier molecular flexibility index (Phi) is 5.38. The van der Waals surface area contributed by atoms with Crippen LogP contribution in [-0.4, -0.2) is 28.8 Å². The van der Waals surface area contributed by atoms with Gasteiger partial charge in [-0.05, 0) is 55.5 Å². The average Bonchev–Trinajstić information content (AvgIpc) is 3.03. The van der Waals surface area contributed by atoms with Crippen LogP contribution in [0.3, 0.4) is 0 Å². The molecule has 7 heteroatoms. The van der Waals surface area contributed by atoms with Crippen molar-refractivity contribution in [3.8, 4) is 5.75 Å². The molecule has 1 N–H and O–H groups in total. The van der Waals surface area contributed by atoms with E-state index < -0.39 is 0 Å². The molecule has 0 saturated carbocycles. The molecule has 2 aromatic rings. The zero-order valence-electron chi connectivity index (χ0n) is 14.0. The normalized spacial score (nSPS) is 12.7. The van der Waals surface area contributed by atoms with Crippen molar-refractivity contribution in [1.82, 2.24) is 15.1 Å². The molecule has 132 valence electrons. The third-order valence-corrected chi connectivity index (χ3v) is 4.59. The van der Waals surface area contributed by atoms with E-state index in [-0.39, 0.29) is 18.1 Å². The number of benzene rings is 1. The number of amides is 1. The Morgan fingerprint density at radius 2 is 2.20 bits per heavy atom. The number of rotatable bonds is 6. The Morgan fingerprint density at radius 3 is 3.00 bits per heavy atom. The second kappa shape index (κ2) is 7.70. The molecule has 1 aliphatic rings. The smallest absolute Gasteiger partial charge is 0.267 e. The van der Waals surface area contributed by atoms with Gasteiger partial charge >= 0.3 is 0 Å². The van der Waals surface area contributed by atoms with Crippen molar-refractivity contribution in [2.75, 3.05) is 13.2 Å². The van der Waals surface area contributed by atoms with E-state index in [2.05, 4.69) is 10.4 Å². The molecule has 0 unspecified atom stereocenters. The van der Waals surface area contributed by atoms with E-state index in [4.69, 9.17) is 16.3 Å². The van der Waals surface area contributed by atoms with Crippen LogP contribution in [0, 0.1) is 6.92 Å². The highest BCUT2D eigenvalue weighted by molar-refractivity contribution is 6.31. The number of aryl methyl sites for hydroxylation is 3. The summed E-state index contributed by atoms with van der Waals surface area (Å²) in [5, 5.41) is 7.76. The van der Waals surface area contributed by atoms with Gasteiger partial charge in [0.15, 0.2) is 6.61 Å². The Hall–Kier alpha value is -2.34. The number of halogens is 1. The Labute approximate surface area is 150 Å². The first-order chi connectivity index (χ1) is 12.0. The summed E-state index contributed by atoms with van der Waals surface area (Å²) >= 11 is 5.95. The molecule has 25 heavy (non-hydrogen) atoms. The molecule has 0 radical (unpaired) electrons. The number of nitrogens with one attached hydrogen (secondary N) is 1. The minimum Gasteiger partial charge on any atom is -0.484 e. The van der Waals surface area contributed by atoms with E-state index in [0.717, 1.165) is 36.1 Å². The molecular formula is C18H20ClN3O3. The van der Waals surface area contributed by atoms with E-state index in [9.17, 15) is 9.59 Å². The van der Waals surface area contributed by atoms with Crippen molar-refractivity contribution in [1.29, 1.82) is 0 Å². The zero-order valence-corrected chi connectivity index (χ0v) is 14.8. The van der Waals surface area contributed by atoms with Gasteiger partial charge in [-0.3, -0.25) is 9.59 Å². The van der Waals surface area contributed by atoms with E-state index in [0.29, 0.717) is 23.9 Å². The number of fused-ring (bicyclic) bond motifs is 1. The van der Waals surface area contributed by atoms with Gasteiger partial charge in [0, 0.05) is 17.6 Å². The molecule has 0 aliphatic heterocycles. The van der Waals surface area contributed by atoms with Crippen LogP contribution in [0.1, 0.15) is 23.2 Å². The number of ether oxygens (including phenoxy) is 1.